The molecule has 0 radical (unpaired) electrons. The number of nitrogens with zero attached hydrogens (tertiary/aromatic N) is 2. The second-order valence-corrected chi connectivity index (χ2v) is 7.86. The van der Waals surface area contributed by atoms with Gasteiger partial charge in [-0.2, -0.15) is 18.3 Å². The van der Waals surface area contributed by atoms with Gasteiger partial charge in [-0.15, -0.1) is 11.3 Å². The van der Waals surface area contributed by atoms with Crippen LogP contribution in [0.5, 0.6) is 11.5 Å². The summed E-state index contributed by atoms with van der Waals surface area (Å²) in [6.07, 6.45) is -3.57. The number of alkyl halides is 3. The molecule has 11 heteroatoms. The number of benzene rings is 1. The van der Waals surface area contributed by atoms with Crippen LogP contribution in [0.15, 0.2) is 41.9 Å². The maximum absolute atomic E-state index is 13.7. The van der Waals surface area contributed by atoms with Crippen molar-refractivity contribution in [2.45, 2.75) is 24.7 Å². The third-order valence-corrected chi connectivity index (χ3v) is 6.00. The van der Waals surface area contributed by atoms with Crippen molar-refractivity contribution in [3.05, 3.63) is 52.3 Å². The van der Waals surface area contributed by atoms with Gasteiger partial charge >= 0.3 is 6.18 Å². The number of amides is 1. The van der Waals surface area contributed by atoms with E-state index in [1.54, 1.807) is 35.7 Å². The number of carbonyl (C=O) groups excluding carboxylic acids is 1. The van der Waals surface area contributed by atoms with Crippen LogP contribution >= 0.6 is 11.3 Å². The number of halogens is 3. The minimum atomic E-state index is -4.50. The van der Waals surface area contributed by atoms with Gasteiger partial charge in [0, 0.05) is 23.1 Å². The summed E-state index contributed by atoms with van der Waals surface area (Å²) in [4.78, 5) is 13.7. The normalized spacial score (nSPS) is 18.1. The quantitative estimate of drug-likeness (QED) is 0.577. The number of ether oxygens (including phenoxy) is 2. The summed E-state index contributed by atoms with van der Waals surface area (Å²) in [5.41, 5.74) is 0.422. The lowest BCUT2D eigenvalue weighted by Gasteiger charge is -2.33. The highest BCUT2D eigenvalue weighted by Gasteiger charge is 2.47. The van der Waals surface area contributed by atoms with Crippen LogP contribution in [0.3, 0.4) is 0 Å². The van der Waals surface area contributed by atoms with Gasteiger partial charge in [-0.05, 0) is 23.6 Å². The van der Waals surface area contributed by atoms with E-state index in [0.717, 1.165) is 15.8 Å². The average molecular weight is 452 g/mol. The number of fused-ring (bicyclic) bond motifs is 1. The second kappa shape index (κ2) is 8.14. The lowest BCUT2D eigenvalue weighted by atomic mass is 10.0. The fraction of sp³-hybridized carbons (Fsp3) is 0.300. The van der Waals surface area contributed by atoms with E-state index in [-0.39, 0.29) is 17.8 Å². The smallest absolute Gasteiger partial charge is 0.410 e. The van der Waals surface area contributed by atoms with Crippen molar-refractivity contribution >= 4 is 28.7 Å². The second-order valence-electron chi connectivity index (χ2n) is 6.88. The van der Waals surface area contributed by atoms with E-state index in [2.05, 4.69) is 15.7 Å². The Morgan fingerprint density at radius 1 is 1.26 bits per heavy atom. The largest absolute Gasteiger partial charge is 0.493 e. The Bertz CT molecular complexity index is 1080. The third-order valence-electron chi connectivity index (χ3n) is 5.01. The van der Waals surface area contributed by atoms with Gasteiger partial charge in [-0.25, -0.2) is 4.68 Å². The molecule has 0 fully saturated rings. The summed E-state index contributed by atoms with van der Waals surface area (Å²) >= 11 is 1.36. The molecule has 0 bridgehead atoms. The number of hydrogen-bond acceptors (Lipinski definition) is 6. The number of nitrogens with one attached hydrogen (secondary N) is 2. The Labute approximate surface area is 179 Å². The van der Waals surface area contributed by atoms with Crippen molar-refractivity contribution < 1.29 is 27.4 Å². The Morgan fingerprint density at radius 3 is 2.68 bits per heavy atom. The predicted molar refractivity (Wildman–Crippen MR) is 110 cm³/mol. The van der Waals surface area contributed by atoms with Gasteiger partial charge in [0.2, 0.25) is 0 Å². The molecule has 0 spiro atoms. The predicted octanol–water partition coefficient (Wildman–Crippen LogP) is 4.87. The highest BCUT2D eigenvalue weighted by Crippen LogP contribution is 2.45. The SMILES string of the molecule is COc1ccc(NC(=O)c2cnn3c2NC(c2cccs2)CC3C(F)(F)F)cc1OC. The van der Waals surface area contributed by atoms with Gasteiger partial charge in [0.15, 0.2) is 17.5 Å². The van der Waals surface area contributed by atoms with E-state index in [9.17, 15) is 18.0 Å². The van der Waals surface area contributed by atoms with Crippen molar-refractivity contribution in [3.63, 3.8) is 0 Å². The number of rotatable bonds is 5. The van der Waals surface area contributed by atoms with E-state index in [1.165, 1.54) is 25.6 Å². The molecule has 31 heavy (non-hydrogen) atoms. The van der Waals surface area contributed by atoms with Crippen LogP contribution in [0, 0.1) is 0 Å². The molecule has 164 valence electrons. The van der Waals surface area contributed by atoms with E-state index in [1.807, 2.05) is 0 Å². The van der Waals surface area contributed by atoms with Gasteiger partial charge in [-0.1, -0.05) is 6.07 Å². The fourth-order valence-electron chi connectivity index (χ4n) is 3.52. The summed E-state index contributed by atoms with van der Waals surface area (Å²) in [6, 6.07) is 5.92. The molecular formula is C20H19F3N4O3S. The molecule has 2 aromatic heterocycles. The third kappa shape index (κ3) is 4.05. The summed E-state index contributed by atoms with van der Waals surface area (Å²) < 4.78 is 52.4. The monoisotopic (exact) mass is 452 g/mol. The number of methoxy groups -OCH3 is 2. The van der Waals surface area contributed by atoms with Crippen molar-refractivity contribution in [3.8, 4) is 11.5 Å². The number of anilines is 2. The molecule has 1 amide bonds. The van der Waals surface area contributed by atoms with E-state index >= 15 is 0 Å². The molecule has 2 N–H and O–H groups in total. The first-order valence-corrected chi connectivity index (χ1v) is 10.2. The van der Waals surface area contributed by atoms with Gasteiger partial charge in [-0.3, -0.25) is 4.79 Å². The topological polar surface area (TPSA) is 77.4 Å². The maximum Gasteiger partial charge on any atom is 0.410 e. The Balaban J connectivity index is 1.65. The van der Waals surface area contributed by atoms with Crippen LogP contribution in [0.1, 0.15) is 33.7 Å². The highest BCUT2D eigenvalue weighted by molar-refractivity contribution is 7.10. The zero-order valence-corrected chi connectivity index (χ0v) is 17.4. The van der Waals surface area contributed by atoms with Gasteiger partial charge in [0.1, 0.15) is 11.4 Å². The number of hydrogen-bond donors (Lipinski definition) is 2. The van der Waals surface area contributed by atoms with Crippen molar-refractivity contribution in [1.82, 2.24) is 9.78 Å². The number of thiophene rings is 1. The van der Waals surface area contributed by atoms with Crippen molar-refractivity contribution in [2.24, 2.45) is 0 Å². The molecule has 2 unspecified atom stereocenters. The molecule has 7 nitrogen and oxygen atoms in total. The van der Waals surface area contributed by atoms with Crippen molar-refractivity contribution in [1.29, 1.82) is 0 Å². The van der Waals surface area contributed by atoms with Crippen LogP contribution in [0.25, 0.3) is 0 Å². The van der Waals surface area contributed by atoms with Crippen LogP contribution in [-0.4, -0.2) is 36.1 Å². The minimum absolute atomic E-state index is 0.0188. The van der Waals surface area contributed by atoms with Gasteiger partial charge < -0.3 is 20.1 Å². The van der Waals surface area contributed by atoms with Crippen LogP contribution < -0.4 is 20.1 Å². The standard InChI is InChI=1S/C20H19F3N4O3S/c1-29-14-6-5-11(8-15(14)30-2)25-19(28)12-10-24-27-17(20(21,22)23)9-13(26-18(12)27)16-4-3-7-31-16/h3-8,10,13,17,26H,9H2,1-2H3,(H,25,28). The fourth-order valence-corrected chi connectivity index (χ4v) is 4.31. The molecule has 3 heterocycles. The molecular weight excluding hydrogens is 433 g/mol. The first-order valence-electron chi connectivity index (χ1n) is 9.29. The molecule has 1 aliphatic heterocycles. The lowest BCUT2D eigenvalue weighted by Crippen LogP contribution is -2.36. The lowest BCUT2D eigenvalue weighted by molar-refractivity contribution is -0.173. The number of carbonyl (C=O) groups is 1. The summed E-state index contributed by atoms with van der Waals surface area (Å²) in [5, 5.41) is 11.4. The zero-order chi connectivity index (χ0) is 22.2. The molecule has 0 saturated heterocycles. The minimum Gasteiger partial charge on any atom is -0.493 e. The molecule has 1 aliphatic rings. The van der Waals surface area contributed by atoms with Gasteiger partial charge in [0.25, 0.3) is 5.91 Å². The first-order chi connectivity index (χ1) is 14.8. The Hall–Kier alpha value is -3.21. The van der Waals surface area contributed by atoms with E-state index in [0.29, 0.717) is 17.2 Å². The molecule has 0 aliphatic carbocycles. The first kappa shape index (κ1) is 21.0. The Morgan fingerprint density at radius 2 is 2.03 bits per heavy atom. The maximum atomic E-state index is 13.7. The van der Waals surface area contributed by atoms with Crippen LogP contribution in [0.2, 0.25) is 0 Å². The average Bonchev–Trinajstić information content (AvgIpc) is 3.42. The van der Waals surface area contributed by atoms with Gasteiger partial charge in [0.05, 0.1) is 26.5 Å². The number of aromatic nitrogens is 2. The van der Waals surface area contributed by atoms with E-state index in [4.69, 9.17) is 9.47 Å². The molecule has 2 atom stereocenters. The Kier molecular flexibility index (Phi) is 5.52. The van der Waals surface area contributed by atoms with Crippen LogP contribution in [0.4, 0.5) is 24.7 Å². The summed E-state index contributed by atoms with van der Waals surface area (Å²) in [5.74, 6) is 0.334. The molecule has 1 aromatic carbocycles. The molecule has 3 aromatic rings. The molecule has 4 rings (SSSR count). The van der Waals surface area contributed by atoms with E-state index < -0.39 is 24.2 Å². The van der Waals surface area contributed by atoms with Crippen LogP contribution in [-0.2, 0) is 0 Å². The summed E-state index contributed by atoms with van der Waals surface area (Å²) in [6.45, 7) is 0. The van der Waals surface area contributed by atoms with Crippen molar-refractivity contribution in [2.75, 3.05) is 24.9 Å². The zero-order valence-electron chi connectivity index (χ0n) is 16.6. The highest BCUT2D eigenvalue weighted by atomic mass is 32.1. The molecule has 0 saturated carbocycles. The summed E-state index contributed by atoms with van der Waals surface area (Å²) in [7, 11) is 2.95.